The molecule has 0 aliphatic carbocycles. The van der Waals surface area contributed by atoms with Crippen LogP contribution in [0.1, 0.15) is 32.2 Å². The largest absolute Gasteiger partial charge is 0.481 e. The number of amides is 1. The number of hydrogen-bond acceptors (Lipinski definition) is 4. The van der Waals surface area contributed by atoms with Crippen LogP contribution in [0.25, 0.3) is 0 Å². The Bertz CT molecular complexity index is 445. The molecule has 0 saturated heterocycles. The van der Waals surface area contributed by atoms with Crippen molar-refractivity contribution >= 4 is 11.9 Å². The fourth-order valence-electron chi connectivity index (χ4n) is 1.66. The first-order valence-electron chi connectivity index (χ1n) is 5.64. The summed E-state index contributed by atoms with van der Waals surface area (Å²) < 4.78 is 4.85. The number of nitrogens with one attached hydrogen (secondary N) is 1. The standard InChI is InChI=1S/C12H18N2O4/c1-7-5-8(14-18-7)6-13-10(15)9(11(16)17)12(2,3)4/h5,9H,6H2,1-4H3,(H,13,15)(H,16,17). The molecule has 0 spiro atoms. The number of carboxylic acid groups (broad SMARTS) is 1. The summed E-state index contributed by atoms with van der Waals surface area (Å²) in [6.45, 7) is 7.05. The molecule has 100 valence electrons. The predicted octanol–water partition coefficient (Wildman–Crippen LogP) is 1.35. The maximum atomic E-state index is 11.9. The summed E-state index contributed by atoms with van der Waals surface area (Å²) in [6.07, 6.45) is 0. The lowest BCUT2D eigenvalue weighted by molar-refractivity contribution is -0.151. The molecule has 18 heavy (non-hydrogen) atoms. The maximum absolute atomic E-state index is 11.9. The molecule has 2 N–H and O–H groups in total. The van der Waals surface area contributed by atoms with Gasteiger partial charge in [0.05, 0.1) is 6.54 Å². The first-order chi connectivity index (χ1) is 8.21. The van der Waals surface area contributed by atoms with Gasteiger partial charge in [-0.1, -0.05) is 25.9 Å². The molecule has 1 aromatic rings. The summed E-state index contributed by atoms with van der Waals surface area (Å²) in [5.74, 6) is -2.10. The van der Waals surface area contributed by atoms with Crippen molar-refractivity contribution in [3.8, 4) is 0 Å². The number of aromatic nitrogens is 1. The fourth-order valence-corrected chi connectivity index (χ4v) is 1.66. The third-order valence-electron chi connectivity index (χ3n) is 2.50. The summed E-state index contributed by atoms with van der Waals surface area (Å²) in [5, 5.41) is 15.4. The molecule has 0 saturated carbocycles. The van der Waals surface area contributed by atoms with Crippen molar-refractivity contribution in [1.29, 1.82) is 0 Å². The minimum absolute atomic E-state index is 0.163. The minimum Gasteiger partial charge on any atom is -0.481 e. The van der Waals surface area contributed by atoms with Gasteiger partial charge in [-0.3, -0.25) is 9.59 Å². The van der Waals surface area contributed by atoms with E-state index in [1.807, 2.05) is 0 Å². The summed E-state index contributed by atoms with van der Waals surface area (Å²) >= 11 is 0. The lowest BCUT2D eigenvalue weighted by atomic mass is 9.80. The Labute approximate surface area is 105 Å². The van der Waals surface area contributed by atoms with Gasteiger partial charge in [0, 0.05) is 6.07 Å². The molecule has 0 aliphatic rings. The van der Waals surface area contributed by atoms with Crippen LogP contribution < -0.4 is 5.32 Å². The predicted molar refractivity (Wildman–Crippen MR) is 63.7 cm³/mol. The van der Waals surface area contributed by atoms with E-state index in [1.165, 1.54) is 0 Å². The zero-order valence-electron chi connectivity index (χ0n) is 11.0. The van der Waals surface area contributed by atoms with Crippen molar-refractivity contribution in [1.82, 2.24) is 10.5 Å². The molecule has 1 aromatic heterocycles. The van der Waals surface area contributed by atoms with Crippen LogP contribution in [0, 0.1) is 18.3 Å². The number of nitrogens with zero attached hydrogens (tertiary/aromatic N) is 1. The quantitative estimate of drug-likeness (QED) is 0.791. The molecule has 1 rings (SSSR count). The number of aryl methyl sites for hydroxylation is 1. The first kappa shape index (κ1) is 14.2. The molecule has 0 aromatic carbocycles. The maximum Gasteiger partial charge on any atom is 0.316 e. The second-order valence-corrected chi connectivity index (χ2v) is 5.28. The third kappa shape index (κ3) is 3.58. The second-order valence-electron chi connectivity index (χ2n) is 5.28. The number of carbonyl (C=O) groups excluding carboxylic acids is 1. The smallest absolute Gasteiger partial charge is 0.316 e. The van der Waals surface area contributed by atoms with Crippen LogP contribution in [0.5, 0.6) is 0 Å². The van der Waals surface area contributed by atoms with Crippen molar-refractivity contribution in [2.24, 2.45) is 11.3 Å². The highest BCUT2D eigenvalue weighted by Gasteiger charge is 2.37. The monoisotopic (exact) mass is 254 g/mol. The fraction of sp³-hybridized carbons (Fsp3) is 0.583. The molecule has 6 nitrogen and oxygen atoms in total. The van der Waals surface area contributed by atoms with Crippen LogP contribution in [0.3, 0.4) is 0 Å². The van der Waals surface area contributed by atoms with E-state index < -0.39 is 23.2 Å². The Hall–Kier alpha value is -1.85. The lowest BCUT2D eigenvalue weighted by Crippen LogP contribution is -2.42. The van der Waals surface area contributed by atoms with Gasteiger partial charge >= 0.3 is 5.97 Å². The second kappa shape index (κ2) is 5.20. The van der Waals surface area contributed by atoms with Gasteiger partial charge in [-0.25, -0.2) is 0 Å². The molecular formula is C12H18N2O4. The Kier molecular flexibility index (Phi) is 4.11. The molecule has 1 heterocycles. The van der Waals surface area contributed by atoms with Crippen molar-refractivity contribution in [3.63, 3.8) is 0 Å². The zero-order valence-corrected chi connectivity index (χ0v) is 11.0. The van der Waals surface area contributed by atoms with E-state index in [2.05, 4.69) is 10.5 Å². The summed E-state index contributed by atoms with van der Waals surface area (Å²) in [4.78, 5) is 23.0. The van der Waals surface area contributed by atoms with E-state index >= 15 is 0 Å². The van der Waals surface area contributed by atoms with Crippen molar-refractivity contribution < 1.29 is 19.2 Å². The van der Waals surface area contributed by atoms with Crippen LogP contribution in [0.4, 0.5) is 0 Å². The molecule has 1 amide bonds. The zero-order chi connectivity index (χ0) is 13.9. The third-order valence-corrected chi connectivity index (χ3v) is 2.50. The average Bonchev–Trinajstić information content (AvgIpc) is 2.58. The summed E-state index contributed by atoms with van der Waals surface area (Å²) in [7, 11) is 0. The molecule has 1 atom stereocenters. The van der Waals surface area contributed by atoms with Gasteiger partial charge in [-0.2, -0.15) is 0 Å². The van der Waals surface area contributed by atoms with Crippen LogP contribution in [-0.2, 0) is 16.1 Å². The molecule has 0 fully saturated rings. The Morgan fingerprint density at radius 1 is 1.50 bits per heavy atom. The Balaban J connectivity index is 2.66. The van der Waals surface area contributed by atoms with Gasteiger partial charge in [0.15, 0.2) is 0 Å². The van der Waals surface area contributed by atoms with Gasteiger partial charge in [-0.05, 0) is 12.3 Å². The highest BCUT2D eigenvalue weighted by molar-refractivity contribution is 5.97. The van der Waals surface area contributed by atoms with Gasteiger partial charge in [0.1, 0.15) is 17.4 Å². The van der Waals surface area contributed by atoms with E-state index in [-0.39, 0.29) is 6.54 Å². The lowest BCUT2D eigenvalue weighted by Gasteiger charge is -2.25. The molecular weight excluding hydrogens is 236 g/mol. The SMILES string of the molecule is Cc1cc(CNC(=O)C(C(=O)O)C(C)(C)C)no1. The molecule has 0 bridgehead atoms. The topological polar surface area (TPSA) is 92.4 Å². The van der Waals surface area contributed by atoms with Crippen molar-refractivity contribution in [3.05, 3.63) is 17.5 Å². The molecule has 0 aliphatic heterocycles. The number of carboxylic acids is 1. The van der Waals surface area contributed by atoms with Crippen LogP contribution >= 0.6 is 0 Å². The van der Waals surface area contributed by atoms with Crippen LogP contribution in [-0.4, -0.2) is 22.1 Å². The van der Waals surface area contributed by atoms with Gasteiger partial charge in [0.2, 0.25) is 5.91 Å². The van der Waals surface area contributed by atoms with Gasteiger partial charge in [0.25, 0.3) is 0 Å². The number of hydrogen-bond donors (Lipinski definition) is 2. The van der Waals surface area contributed by atoms with E-state index in [4.69, 9.17) is 9.63 Å². The minimum atomic E-state index is -1.13. The van der Waals surface area contributed by atoms with E-state index in [0.717, 1.165) is 0 Å². The number of rotatable bonds is 4. The van der Waals surface area contributed by atoms with Crippen molar-refractivity contribution in [2.45, 2.75) is 34.2 Å². The molecule has 0 radical (unpaired) electrons. The van der Waals surface area contributed by atoms with E-state index in [1.54, 1.807) is 33.8 Å². The number of aliphatic carboxylic acids is 1. The highest BCUT2D eigenvalue weighted by Crippen LogP contribution is 2.26. The summed E-state index contributed by atoms with van der Waals surface area (Å²) in [6, 6.07) is 1.69. The van der Waals surface area contributed by atoms with Crippen LogP contribution in [0.2, 0.25) is 0 Å². The average molecular weight is 254 g/mol. The Morgan fingerprint density at radius 3 is 2.50 bits per heavy atom. The molecule has 6 heteroatoms. The van der Waals surface area contributed by atoms with E-state index in [0.29, 0.717) is 11.5 Å². The summed E-state index contributed by atoms with van der Waals surface area (Å²) in [5.41, 5.74) is -0.0748. The first-order valence-corrected chi connectivity index (χ1v) is 5.64. The van der Waals surface area contributed by atoms with E-state index in [9.17, 15) is 9.59 Å². The molecule has 1 unspecified atom stereocenters. The Morgan fingerprint density at radius 2 is 2.11 bits per heavy atom. The highest BCUT2D eigenvalue weighted by atomic mass is 16.5. The number of carbonyl (C=O) groups is 2. The normalized spacial score (nSPS) is 13.1. The van der Waals surface area contributed by atoms with Gasteiger partial charge < -0.3 is 14.9 Å². The van der Waals surface area contributed by atoms with Crippen molar-refractivity contribution in [2.75, 3.05) is 0 Å². The van der Waals surface area contributed by atoms with Gasteiger partial charge in [-0.15, -0.1) is 0 Å². The van der Waals surface area contributed by atoms with Crippen LogP contribution in [0.15, 0.2) is 10.6 Å².